The lowest BCUT2D eigenvalue weighted by Gasteiger charge is -2.30. The van der Waals surface area contributed by atoms with Gasteiger partial charge in [-0.25, -0.2) is 8.42 Å². The molecule has 0 radical (unpaired) electrons. The van der Waals surface area contributed by atoms with Crippen molar-refractivity contribution in [2.75, 3.05) is 20.2 Å². The number of methoxy groups -OCH3 is 1. The van der Waals surface area contributed by atoms with Crippen LogP contribution in [0.1, 0.15) is 17.7 Å². The Morgan fingerprint density at radius 3 is 2.72 bits per heavy atom. The monoisotopic (exact) mass is 290 g/mol. The maximum Gasteiger partial charge on any atom is 0.244 e. The number of rotatable bonds is 4. The highest BCUT2D eigenvalue weighted by Gasteiger charge is 2.31. The minimum atomic E-state index is -3.38. The van der Waals surface area contributed by atoms with Gasteiger partial charge in [-0.3, -0.25) is 0 Å². The lowest BCUT2D eigenvalue weighted by molar-refractivity contribution is 0.0604. The van der Waals surface area contributed by atoms with Crippen LogP contribution in [0.15, 0.2) is 16.3 Å². The van der Waals surface area contributed by atoms with Crippen molar-refractivity contribution < 1.29 is 13.2 Å². The number of piperidine rings is 1. The van der Waals surface area contributed by atoms with Crippen LogP contribution in [-0.2, 0) is 21.3 Å². The van der Waals surface area contributed by atoms with E-state index in [0.29, 0.717) is 18.0 Å². The fraction of sp³-hybridized carbons (Fsp3) is 0.636. The van der Waals surface area contributed by atoms with Gasteiger partial charge in [-0.15, -0.1) is 11.3 Å². The van der Waals surface area contributed by atoms with Crippen molar-refractivity contribution >= 4 is 21.4 Å². The summed E-state index contributed by atoms with van der Waals surface area (Å²) in [4.78, 5) is 1.09. The van der Waals surface area contributed by atoms with Gasteiger partial charge in [0.15, 0.2) is 0 Å². The first kappa shape index (κ1) is 14.0. The van der Waals surface area contributed by atoms with E-state index in [2.05, 4.69) is 0 Å². The molecule has 2 N–H and O–H groups in total. The van der Waals surface area contributed by atoms with Crippen LogP contribution in [0.2, 0.25) is 0 Å². The topological polar surface area (TPSA) is 72.6 Å². The van der Waals surface area contributed by atoms with Crippen molar-refractivity contribution in [1.82, 2.24) is 4.31 Å². The summed E-state index contributed by atoms with van der Waals surface area (Å²) in [5, 5.41) is 1.77. The molecule has 2 heterocycles. The zero-order valence-electron chi connectivity index (χ0n) is 10.3. The Bertz CT molecular complexity index is 490. The molecule has 0 spiro atoms. The predicted octanol–water partition coefficient (Wildman–Crippen LogP) is 1.01. The molecule has 1 aromatic heterocycles. The Kier molecular flexibility index (Phi) is 4.39. The van der Waals surface area contributed by atoms with E-state index in [0.717, 1.165) is 17.7 Å². The Labute approximate surface area is 112 Å². The van der Waals surface area contributed by atoms with Gasteiger partial charge in [-0.2, -0.15) is 4.31 Å². The molecule has 0 unspecified atom stereocenters. The molecule has 5 nitrogen and oxygen atoms in total. The molecule has 0 amide bonds. The van der Waals surface area contributed by atoms with Gasteiger partial charge in [0.1, 0.15) is 0 Å². The number of nitrogens with zero attached hydrogens (tertiary/aromatic N) is 1. The normalized spacial score (nSPS) is 19.2. The average molecular weight is 290 g/mol. The van der Waals surface area contributed by atoms with Crippen molar-refractivity contribution in [2.24, 2.45) is 5.73 Å². The van der Waals surface area contributed by atoms with Crippen molar-refractivity contribution in [3.8, 4) is 0 Å². The SMILES string of the molecule is COC1CCN(S(=O)(=O)c2ccsc2CN)CC1. The lowest BCUT2D eigenvalue weighted by atomic mass is 10.1. The molecule has 18 heavy (non-hydrogen) atoms. The number of nitrogens with two attached hydrogens (primary N) is 1. The number of ether oxygens (including phenoxy) is 1. The van der Waals surface area contributed by atoms with E-state index in [1.807, 2.05) is 0 Å². The van der Waals surface area contributed by atoms with Crippen LogP contribution in [0.25, 0.3) is 0 Å². The number of hydrogen-bond donors (Lipinski definition) is 1. The molecular formula is C11H18N2O3S2. The van der Waals surface area contributed by atoms with E-state index in [1.54, 1.807) is 18.6 Å². The second-order valence-corrected chi connectivity index (χ2v) is 7.16. The highest BCUT2D eigenvalue weighted by molar-refractivity contribution is 7.89. The van der Waals surface area contributed by atoms with Gasteiger partial charge in [-0.05, 0) is 24.3 Å². The van der Waals surface area contributed by atoms with Crippen LogP contribution in [0.3, 0.4) is 0 Å². The van der Waals surface area contributed by atoms with Crippen molar-refractivity contribution in [3.63, 3.8) is 0 Å². The molecule has 102 valence electrons. The fourth-order valence-electron chi connectivity index (χ4n) is 2.15. The first-order chi connectivity index (χ1) is 8.59. The molecule has 0 saturated carbocycles. The first-order valence-electron chi connectivity index (χ1n) is 5.89. The van der Waals surface area contributed by atoms with Gasteiger partial charge < -0.3 is 10.5 Å². The fourth-order valence-corrected chi connectivity index (χ4v) is 4.93. The zero-order chi connectivity index (χ0) is 13.2. The Hall–Kier alpha value is -0.470. The van der Waals surface area contributed by atoms with E-state index in [4.69, 9.17) is 10.5 Å². The van der Waals surface area contributed by atoms with Gasteiger partial charge in [0, 0.05) is 31.6 Å². The Balaban J connectivity index is 2.17. The highest BCUT2D eigenvalue weighted by Crippen LogP contribution is 2.27. The third kappa shape index (κ3) is 2.60. The molecule has 0 atom stereocenters. The standard InChI is InChI=1S/C11H18N2O3S2/c1-16-9-2-5-13(6-3-9)18(14,15)11-4-7-17-10(11)8-12/h4,7,9H,2-3,5-6,8,12H2,1H3. The summed E-state index contributed by atoms with van der Waals surface area (Å²) in [6, 6.07) is 1.64. The second kappa shape index (κ2) is 5.66. The molecule has 1 saturated heterocycles. The van der Waals surface area contributed by atoms with Crippen molar-refractivity contribution in [1.29, 1.82) is 0 Å². The summed E-state index contributed by atoms with van der Waals surface area (Å²) in [5.74, 6) is 0. The van der Waals surface area contributed by atoms with Crippen LogP contribution in [0.5, 0.6) is 0 Å². The zero-order valence-corrected chi connectivity index (χ0v) is 12.0. The third-order valence-corrected chi connectivity index (χ3v) is 6.30. The van der Waals surface area contributed by atoms with Gasteiger partial charge in [0.05, 0.1) is 11.0 Å². The quantitative estimate of drug-likeness (QED) is 0.898. The average Bonchev–Trinajstić information content (AvgIpc) is 2.88. The number of sulfonamides is 1. The Morgan fingerprint density at radius 2 is 2.17 bits per heavy atom. The maximum absolute atomic E-state index is 12.5. The van der Waals surface area contributed by atoms with Crippen LogP contribution < -0.4 is 5.73 Å². The molecule has 0 bridgehead atoms. The molecule has 1 fully saturated rings. The number of thiophene rings is 1. The summed E-state index contributed by atoms with van der Waals surface area (Å²) in [6.07, 6.45) is 1.67. The molecule has 1 aliphatic rings. The smallest absolute Gasteiger partial charge is 0.244 e. The molecule has 1 aliphatic heterocycles. The highest BCUT2D eigenvalue weighted by atomic mass is 32.2. The van der Waals surface area contributed by atoms with Gasteiger partial charge >= 0.3 is 0 Å². The maximum atomic E-state index is 12.5. The van der Waals surface area contributed by atoms with Crippen LogP contribution in [0, 0.1) is 0 Å². The summed E-state index contributed by atoms with van der Waals surface area (Å²) < 4.78 is 31.7. The molecule has 0 aromatic carbocycles. The summed E-state index contributed by atoms with van der Waals surface area (Å²) in [6.45, 7) is 1.29. The third-order valence-electron chi connectivity index (χ3n) is 3.24. The first-order valence-corrected chi connectivity index (χ1v) is 8.21. The minimum absolute atomic E-state index is 0.174. The predicted molar refractivity (Wildman–Crippen MR) is 71.0 cm³/mol. The molecule has 2 rings (SSSR count). The largest absolute Gasteiger partial charge is 0.381 e. The van der Waals surface area contributed by atoms with E-state index >= 15 is 0 Å². The summed E-state index contributed by atoms with van der Waals surface area (Å²) >= 11 is 1.39. The number of hydrogen-bond acceptors (Lipinski definition) is 5. The van der Waals surface area contributed by atoms with E-state index in [1.165, 1.54) is 15.6 Å². The molecular weight excluding hydrogens is 272 g/mol. The van der Waals surface area contributed by atoms with Crippen LogP contribution in [0.4, 0.5) is 0 Å². The van der Waals surface area contributed by atoms with E-state index < -0.39 is 10.0 Å². The van der Waals surface area contributed by atoms with E-state index in [-0.39, 0.29) is 12.6 Å². The summed E-state index contributed by atoms with van der Waals surface area (Å²) in [7, 11) is -1.72. The summed E-state index contributed by atoms with van der Waals surface area (Å²) in [5.41, 5.74) is 5.57. The van der Waals surface area contributed by atoms with E-state index in [9.17, 15) is 8.42 Å². The van der Waals surface area contributed by atoms with Crippen LogP contribution >= 0.6 is 11.3 Å². The minimum Gasteiger partial charge on any atom is -0.381 e. The van der Waals surface area contributed by atoms with Crippen LogP contribution in [-0.4, -0.2) is 39.0 Å². The van der Waals surface area contributed by atoms with Gasteiger partial charge in [0.2, 0.25) is 10.0 Å². The molecule has 1 aromatic rings. The second-order valence-electron chi connectivity index (χ2n) is 4.25. The van der Waals surface area contributed by atoms with Gasteiger partial charge in [0.25, 0.3) is 0 Å². The lowest BCUT2D eigenvalue weighted by Crippen LogP contribution is -2.40. The Morgan fingerprint density at radius 1 is 1.50 bits per heavy atom. The molecule has 0 aliphatic carbocycles. The van der Waals surface area contributed by atoms with Crippen molar-refractivity contribution in [3.05, 3.63) is 16.3 Å². The van der Waals surface area contributed by atoms with Gasteiger partial charge in [-0.1, -0.05) is 0 Å². The van der Waals surface area contributed by atoms with Crippen molar-refractivity contribution in [2.45, 2.75) is 30.4 Å². The molecule has 7 heteroatoms.